The minimum Gasteiger partial charge on any atom is -0.799 e. The largest absolute Gasteiger partial charge is 0.799 e. The third-order valence-electron chi connectivity index (χ3n) is 4.73. The average molecular weight is 374 g/mol. The summed E-state index contributed by atoms with van der Waals surface area (Å²) in [6.45, 7) is 4.38. The van der Waals surface area contributed by atoms with E-state index in [-0.39, 0.29) is 12.4 Å². The Morgan fingerprint density at radius 3 is 2.73 bits per heavy atom. The fourth-order valence-corrected chi connectivity index (χ4v) is 4.94. The Morgan fingerprint density at radius 2 is 2.04 bits per heavy atom. The first-order valence-electron chi connectivity index (χ1n) is 8.58. The maximum absolute atomic E-state index is 13.0. The van der Waals surface area contributed by atoms with E-state index in [2.05, 4.69) is 0 Å². The van der Waals surface area contributed by atoms with Gasteiger partial charge in [-0.2, -0.15) is 0 Å². The molecule has 1 N–H and O–H groups in total. The van der Waals surface area contributed by atoms with Crippen molar-refractivity contribution >= 4 is 21.4 Å². The summed E-state index contributed by atoms with van der Waals surface area (Å²) in [6.07, 6.45) is 6.56. The number of aliphatic hydroxyl groups excluding tert-OH is 1. The Morgan fingerprint density at radius 1 is 1.31 bits per heavy atom. The van der Waals surface area contributed by atoms with Gasteiger partial charge >= 0.3 is 0 Å². The number of hydrogen-bond acceptors (Lipinski definition) is 5. The molecule has 0 radical (unpaired) electrons. The van der Waals surface area contributed by atoms with E-state index in [1.807, 2.05) is 45.0 Å². The lowest BCUT2D eigenvalue weighted by molar-refractivity contribution is 0.0826. The van der Waals surface area contributed by atoms with Crippen molar-refractivity contribution in [2.75, 3.05) is 27.2 Å². The molecule has 26 heavy (non-hydrogen) atoms. The van der Waals surface area contributed by atoms with E-state index in [4.69, 9.17) is 4.74 Å². The lowest BCUT2D eigenvalue weighted by Crippen LogP contribution is -2.31. The Balaban J connectivity index is 1.98. The monoisotopic (exact) mass is 374 g/mol. The number of Topliss-reactive ketones (excluding diaryl/α,β-unsaturated/α-hetero) is 1. The van der Waals surface area contributed by atoms with Gasteiger partial charge in [0.25, 0.3) is 0 Å². The van der Waals surface area contributed by atoms with Crippen molar-refractivity contribution in [1.82, 2.24) is 4.90 Å². The quantitative estimate of drug-likeness (QED) is 0.802. The topological polar surface area (TPSA) is 72.8 Å². The molecular formula is C20H24NO4S-. The van der Waals surface area contributed by atoms with Crippen LogP contribution in [-0.4, -0.2) is 58.6 Å². The average Bonchev–Trinajstić information content (AvgIpc) is 2.60. The molecule has 3 rings (SSSR count). The summed E-state index contributed by atoms with van der Waals surface area (Å²) in [5, 5.41) is 10.0. The van der Waals surface area contributed by atoms with E-state index in [0.717, 1.165) is 11.1 Å². The van der Waals surface area contributed by atoms with Gasteiger partial charge in [0.1, 0.15) is 18.5 Å². The van der Waals surface area contributed by atoms with E-state index in [1.54, 1.807) is 18.2 Å². The number of benzene rings is 1. The molecule has 5 nitrogen and oxygen atoms in total. The molecule has 2 aliphatic rings. The molecule has 0 spiro atoms. The summed E-state index contributed by atoms with van der Waals surface area (Å²) in [5.41, 5.74) is 2.11. The van der Waals surface area contributed by atoms with E-state index in [9.17, 15) is 14.5 Å². The summed E-state index contributed by atoms with van der Waals surface area (Å²) in [4.78, 5) is 16.0. The Labute approximate surface area is 156 Å². The molecule has 0 fully saturated rings. The summed E-state index contributed by atoms with van der Waals surface area (Å²) < 4.78 is 18.8. The van der Waals surface area contributed by atoms with Crippen LogP contribution in [0.3, 0.4) is 0 Å². The van der Waals surface area contributed by atoms with Crippen LogP contribution in [0.15, 0.2) is 35.3 Å². The van der Waals surface area contributed by atoms with Crippen molar-refractivity contribution in [3.63, 3.8) is 0 Å². The lowest BCUT2D eigenvalue weighted by Gasteiger charge is -2.34. The van der Waals surface area contributed by atoms with Crippen LogP contribution in [0.25, 0.3) is 0 Å². The first-order chi connectivity index (χ1) is 12.3. The van der Waals surface area contributed by atoms with Gasteiger partial charge in [-0.05, 0) is 50.0 Å². The maximum Gasteiger partial charge on any atom is 0.175 e. The van der Waals surface area contributed by atoms with Gasteiger partial charge in [-0.15, -0.1) is 0 Å². The zero-order valence-electron chi connectivity index (χ0n) is 15.5. The number of ketones is 1. The van der Waals surface area contributed by atoms with Crippen LogP contribution in [0.2, 0.25) is 0 Å². The molecule has 1 heterocycles. The number of aliphatic hydroxyl groups is 1. The van der Waals surface area contributed by atoms with Crippen molar-refractivity contribution in [2.45, 2.75) is 24.8 Å². The lowest BCUT2D eigenvalue weighted by atomic mass is 9.89. The Bertz CT molecular complexity index is 839. The fraction of sp³-hybridized carbons (Fsp3) is 0.400. The van der Waals surface area contributed by atoms with Gasteiger partial charge in [-0.25, -0.2) is 10.8 Å². The van der Waals surface area contributed by atoms with Crippen molar-refractivity contribution in [2.24, 2.45) is 5.92 Å². The second-order valence-electron chi connectivity index (χ2n) is 6.99. The van der Waals surface area contributed by atoms with Gasteiger partial charge < -0.3 is 19.3 Å². The number of likely N-dealkylation sites (N-methyl/N-ethyl adjacent to an activating group) is 1. The highest BCUT2D eigenvalue weighted by Crippen LogP contribution is 2.43. The molecule has 1 aliphatic heterocycles. The van der Waals surface area contributed by atoms with E-state index < -0.39 is 22.8 Å². The molecule has 0 aromatic heterocycles. The van der Waals surface area contributed by atoms with E-state index in [0.29, 0.717) is 27.6 Å². The number of carbonyl (C=O) groups is 1. The van der Waals surface area contributed by atoms with Crippen LogP contribution in [-0.2, 0) is 0 Å². The molecule has 6 heteroatoms. The van der Waals surface area contributed by atoms with Crippen LogP contribution in [0, 0.1) is 19.8 Å². The van der Waals surface area contributed by atoms with Gasteiger partial charge in [0, 0.05) is 17.0 Å². The Kier molecular flexibility index (Phi) is 5.48. The second-order valence-corrected chi connectivity index (χ2v) is 8.40. The number of rotatable bonds is 5. The van der Waals surface area contributed by atoms with Crippen molar-refractivity contribution in [3.8, 4) is 5.75 Å². The molecule has 0 saturated heterocycles. The number of allylic oxidation sites excluding steroid dienone is 4. The molecule has 0 saturated carbocycles. The van der Waals surface area contributed by atoms with Gasteiger partial charge in [0.05, 0.1) is 5.92 Å². The first kappa shape index (κ1) is 19.0. The predicted octanol–water partition coefficient (Wildman–Crippen LogP) is 2.47. The van der Waals surface area contributed by atoms with Crippen LogP contribution < -0.4 is 4.74 Å². The van der Waals surface area contributed by atoms with Crippen LogP contribution in [0.1, 0.15) is 21.5 Å². The highest BCUT2D eigenvalue weighted by Gasteiger charge is 2.31. The van der Waals surface area contributed by atoms with Gasteiger partial charge in [0.2, 0.25) is 0 Å². The minimum atomic E-state index is -1.36. The van der Waals surface area contributed by atoms with Crippen LogP contribution in [0.4, 0.5) is 0 Å². The molecule has 0 amide bonds. The van der Waals surface area contributed by atoms with E-state index >= 15 is 0 Å². The number of fused-ring (bicyclic) bond motifs is 2. The van der Waals surface area contributed by atoms with Crippen molar-refractivity contribution in [1.29, 1.82) is 0 Å². The summed E-state index contributed by atoms with van der Waals surface area (Å²) >= 11 is 0. The van der Waals surface area contributed by atoms with Crippen molar-refractivity contribution < 1.29 is 19.2 Å². The number of hydrogen-bond donors (Lipinski definition) is 1. The molecule has 3 unspecified atom stereocenters. The maximum atomic E-state index is 13.0. The SMILES string of the molecule is Cc1c(OCC(O)CN(C)C)cc2c(c1C)S([O-])=C1C=CC=CC1C2=O. The van der Waals surface area contributed by atoms with Gasteiger partial charge in [0.15, 0.2) is 5.78 Å². The predicted molar refractivity (Wildman–Crippen MR) is 104 cm³/mol. The zero-order chi connectivity index (χ0) is 19.0. The molecule has 140 valence electrons. The van der Waals surface area contributed by atoms with Crippen LogP contribution >= 0.6 is 10.8 Å². The number of carbonyl (C=O) groups excluding carboxylic acids is 1. The molecular weight excluding hydrogens is 350 g/mol. The Hall–Kier alpha value is -1.73. The zero-order valence-corrected chi connectivity index (χ0v) is 16.3. The highest BCUT2D eigenvalue weighted by atomic mass is 32.2. The number of ether oxygens (including phenoxy) is 1. The molecule has 3 atom stereocenters. The standard InChI is InChI=1S/C20H24NO4S/c1-12-13(2)20-16(9-17(12)25-11-14(22)10-21(3)4)19(23)15-7-5-6-8-18(15)26(20)24/h5-9,14-15,22H,10-11H2,1-4H3/q-1. The first-order valence-corrected chi connectivity index (χ1v) is 9.73. The van der Waals surface area contributed by atoms with Gasteiger partial charge in [-0.3, -0.25) is 4.79 Å². The second kappa shape index (κ2) is 7.48. The highest BCUT2D eigenvalue weighted by molar-refractivity contribution is 8.11. The minimum absolute atomic E-state index is 0.0583. The van der Waals surface area contributed by atoms with Gasteiger partial charge in [-0.1, -0.05) is 24.3 Å². The molecule has 1 aromatic rings. The van der Waals surface area contributed by atoms with Crippen LogP contribution in [0.5, 0.6) is 5.75 Å². The molecule has 0 bridgehead atoms. The number of nitrogens with zero attached hydrogens (tertiary/aromatic N) is 1. The van der Waals surface area contributed by atoms with Crippen molar-refractivity contribution in [3.05, 3.63) is 47.1 Å². The molecule has 1 aliphatic carbocycles. The summed E-state index contributed by atoms with van der Waals surface area (Å²) in [5.74, 6) is 0.0304. The molecule has 1 aromatic carbocycles. The third kappa shape index (κ3) is 3.42. The normalized spacial score (nSPS) is 22.4. The third-order valence-corrected chi connectivity index (χ3v) is 6.44. The van der Waals surface area contributed by atoms with E-state index in [1.165, 1.54) is 0 Å². The fourth-order valence-electron chi connectivity index (χ4n) is 3.30. The summed E-state index contributed by atoms with van der Waals surface area (Å²) in [7, 11) is 2.40. The summed E-state index contributed by atoms with van der Waals surface area (Å²) in [6, 6.07) is 1.68. The smallest absolute Gasteiger partial charge is 0.175 e.